The summed E-state index contributed by atoms with van der Waals surface area (Å²) in [5.74, 6) is -1.15. The van der Waals surface area contributed by atoms with Gasteiger partial charge in [0, 0.05) is 13.1 Å². The van der Waals surface area contributed by atoms with Crippen LogP contribution in [0, 0.1) is 12.8 Å². The third kappa shape index (κ3) is 6.14. The molecular weight excluding hydrogens is 386 g/mol. The van der Waals surface area contributed by atoms with Crippen LogP contribution in [0.4, 0.5) is 0 Å². The summed E-state index contributed by atoms with van der Waals surface area (Å²) < 4.78 is 5.07. The van der Waals surface area contributed by atoms with Gasteiger partial charge in [0.2, 0.25) is 0 Å². The van der Waals surface area contributed by atoms with Crippen LogP contribution in [0.5, 0.6) is 0 Å². The van der Waals surface area contributed by atoms with E-state index < -0.39 is 11.9 Å². The average molecular weight is 420 g/mol. The molecule has 1 unspecified atom stereocenters. The highest BCUT2D eigenvalue weighted by molar-refractivity contribution is 5.97. The fraction of sp³-hybridized carbons (Fsp3) is 0.407. The number of aryl methyl sites for hydroxylation is 1. The van der Waals surface area contributed by atoms with Crippen molar-refractivity contribution >= 4 is 17.3 Å². The van der Waals surface area contributed by atoms with Gasteiger partial charge in [-0.25, -0.2) is 0 Å². The Balaban J connectivity index is 1.72. The number of ketones is 1. The predicted molar refractivity (Wildman–Crippen MR) is 125 cm³/mol. The molecule has 1 aliphatic heterocycles. The van der Waals surface area contributed by atoms with Crippen molar-refractivity contribution in [2.75, 3.05) is 26.2 Å². The van der Waals surface area contributed by atoms with Crippen LogP contribution in [0.2, 0.25) is 0 Å². The van der Waals surface area contributed by atoms with E-state index in [-0.39, 0.29) is 5.78 Å². The van der Waals surface area contributed by atoms with Gasteiger partial charge in [-0.05, 0) is 63.3 Å². The fourth-order valence-corrected chi connectivity index (χ4v) is 4.24. The molecule has 3 rings (SSSR count). The largest absolute Gasteiger partial charge is 0.465 e. The number of nitrogens with zero attached hydrogens (tertiary/aromatic N) is 1. The van der Waals surface area contributed by atoms with E-state index in [0.29, 0.717) is 13.0 Å². The molecule has 2 aromatic carbocycles. The minimum Gasteiger partial charge on any atom is -0.465 e. The summed E-state index contributed by atoms with van der Waals surface area (Å²) >= 11 is 0. The van der Waals surface area contributed by atoms with Crippen molar-refractivity contribution in [3.8, 4) is 0 Å². The van der Waals surface area contributed by atoms with Crippen LogP contribution in [-0.2, 0) is 14.3 Å². The zero-order valence-electron chi connectivity index (χ0n) is 18.9. The van der Waals surface area contributed by atoms with Crippen molar-refractivity contribution in [2.45, 2.75) is 40.0 Å². The number of hydrogen-bond acceptors (Lipinski definition) is 4. The Kier molecular flexibility index (Phi) is 8.19. The molecule has 1 saturated heterocycles. The van der Waals surface area contributed by atoms with E-state index in [9.17, 15) is 9.59 Å². The minimum atomic E-state index is -0.649. The molecule has 2 aromatic rings. The van der Waals surface area contributed by atoms with Gasteiger partial charge in [-0.1, -0.05) is 65.7 Å². The molecule has 4 heteroatoms. The summed E-state index contributed by atoms with van der Waals surface area (Å²) in [6.07, 6.45) is 2.50. The predicted octanol–water partition coefficient (Wildman–Crippen LogP) is 5.05. The third-order valence-electron chi connectivity index (χ3n) is 6.01. The normalized spacial score (nSPS) is 15.4. The van der Waals surface area contributed by atoms with Crippen molar-refractivity contribution < 1.29 is 14.3 Å². The molecule has 0 N–H and O–H groups in total. The van der Waals surface area contributed by atoms with E-state index in [4.69, 9.17) is 4.74 Å². The van der Waals surface area contributed by atoms with Crippen LogP contribution in [-0.4, -0.2) is 42.9 Å². The topological polar surface area (TPSA) is 46.6 Å². The number of Topliss-reactive ketones (excluding diaryl/α,β-unsaturated/α-hetero) is 1. The molecule has 1 atom stereocenters. The van der Waals surface area contributed by atoms with Crippen molar-refractivity contribution in [2.24, 2.45) is 5.92 Å². The maximum Gasteiger partial charge on any atom is 0.316 e. The maximum atomic E-state index is 12.1. The lowest BCUT2D eigenvalue weighted by atomic mass is 9.88. The highest BCUT2D eigenvalue weighted by atomic mass is 16.5. The van der Waals surface area contributed by atoms with Crippen LogP contribution in [0.15, 0.2) is 60.2 Å². The Morgan fingerprint density at radius 2 is 1.58 bits per heavy atom. The standard InChI is InChI=1S/C27H33NO3/c1-4-31-27(30)25(21(3)29)16-19-28-17-14-24(15-18-28)26(22-8-6-5-7-9-22)23-12-10-20(2)11-13-23/h5-13,25H,4,14-19H2,1-3H3. The number of carbonyl (C=O) groups is 2. The van der Waals surface area contributed by atoms with Gasteiger partial charge in [-0.15, -0.1) is 0 Å². The van der Waals surface area contributed by atoms with E-state index >= 15 is 0 Å². The summed E-state index contributed by atoms with van der Waals surface area (Å²) in [5, 5.41) is 0. The molecule has 1 heterocycles. The lowest BCUT2D eigenvalue weighted by Crippen LogP contribution is -2.35. The number of benzene rings is 2. The number of likely N-dealkylation sites (tertiary alicyclic amines) is 1. The van der Waals surface area contributed by atoms with Gasteiger partial charge in [0.25, 0.3) is 0 Å². The van der Waals surface area contributed by atoms with Gasteiger partial charge >= 0.3 is 5.97 Å². The van der Waals surface area contributed by atoms with Crippen LogP contribution < -0.4 is 0 Å². The summed E-state index contributed by atoms with van der Waals surface area (Å²) in [6.45, 7) is 8.28. The second-order valence-corrected chi connectivity index (χ2v) is 8.26. The van der Waals surface area contributed by atoms with E-state index in [2.05, 4.69) is 66.4 Å². The fourth-order valence-electron chi connectivity index (χ4n) is 4.24. The van der Waals surface area contributed by atoms with Gasteiger partial charge in [0.05, 0.1) is 6.61 Å². The van der Waals surface area contributed by atoms with Gasteiger partial charge in [-0.2, -0.15) is 0 Å². The van der Waals surface area contributed by atoms with Crippen LogP contribution >= 0.6 is 0 Å². The molecular formula is C27H33NO3. The molecule has 0 aromatic heterocycles. The molecule has 0 bridgehead atoms. The molecule has 1 fully saturated rings. The summed E-state index contributed by atoms with van der Waals surface area (Å²) in [6, 6.07) is 19.4. The van der Waals surface area contributed by atoms with Gasteiger partial charge in [-0.3, -0.25) is 9.59 Å². The molecule has 164 valence electrons. The Hall–Kier alpha value is -2.72. The average Bonchev–Trinajstić information content (AvgIpc) is 2.77. The first kappa shape index (κ1) is 23.0. The van der Waals surface area contributed by atoms with E-state index in [0.717, 1.165) is 32.5 Å². The Morgan fingerprint density at radius 3 is 2.16 bits per heavy atom. The molecule has 4 nitrogen and oxygen atoms in total. The molecule has 0 radical (unpaired) electrons. The zero-order valence-corrected chi connectivity index (χ0v) is 18.9. The van der Waals surface area contributed by atoms with Gasteiger partial charge < -0.3 is 9.64 Å². The van der Waals surface area contributed by atoms with E-state index in [1.165, 1.54) is 34.8 Å². The van der Waals surface area contributed by atoms with Crippen LogP contribution in [0.3, 0.4) is 0 Å². The van der Waals surface area contributed by atoms with E-state index in [1.54, 1.807) is 6.92 Å². The maximum absolute atomic E-state index is 12.1. The lowest BCUT2D eigenvalue weighted by molar-refractivity contribution is -0.151. The second kappa shape index (κ2) is 11.1. The SMILES string of the molecule is CCOC(=O)C(CCN1CCC(=C(c2ccccc2)c2ccc(C)cc2)CC1)C(C)=O. The monoisotopic (exact) mass is 419 g/mol. The van der Waals surface area contributed by atoms with Gasteiger partial charge in [0.15, 0.2) is 0 Å². The molecule has 0 saturated carbocycles. The van der Waals surface area contributed by atoms with Crippen molar-refractivity contribution in [1.29, 1.82) is 0 Å². The smallest absolute Gasteiger partial charge is 0.316 e. The number of carbonyl (C=O) groups excluding carboxylic acids is 2. The number of hydrogen-bond donors (Lipinski definition) is 0. The molecule has 0 amide bonds. The quantitative estimate of drug-likeness (QED) is 0.444. The first-order valence-electron chi connectivity index (χ1n) is 11.2. The highest BCUT2D eigenvalue weighted by Gasteiger charge is 2.26. The third-order valence-corrected chi connectivity index (χ3v) is 6.01. The zero-order chi connectivity index (χ0) is 22.2. The summed E-state index contributed by atoms with van der Waals surface area (Å²) in [4.78, 5) is 26.3. The van der Waals surface area contributed by atoms with Crippen molar-refractivity contribution in [3.63, 3.8) is 0 Å². The van der Waals surface area contributed by atoms with E-state index in [1.807, 2.05) is 0 Å². The summed E-state index contributed by atoms with van der Waals surface area (Å²) in [5.41, 5.74) is 6.60. The number of rotatable bonds is 8. The molecule has 1 aliphatic rings. The van der Waals surface area contributed by atoms with Crippen LogP contribution in [0.1, 0.15) is 49.8 Å². The number of piperidine rings is 1. The first-order valence-corrected chi connectivity index (χ1v) is 11.2. The molecule has 31 heavy (non-hydrogen) atoms. The lowest BCUT2D eigenvalue weighted by Gasteiger charge is -2.31. The molecule has 0 spiro atoms. The minimum absolute atomic E-state index is 0.109. The van der Waals surface area contributed by atoms with Crippen LogP contribution in [0.25, 0.3) is 5.57 Å². The number of esters is 1. The molecule has 0 aliphatic carbocycles. The van der Waals surface area contributed by atoms with Crippen molar-refractivity contribution in [1.82, 2.24) is 4.90 Å². The van der Waals surface area contributed by atoms with Crippen molar-refractivity contribution in [3.05, 3.63) is 76.9 Å². The Morgan fingerprint density at radius 1 is 0.968 bits per heavy atom. The Bertz CT molecular complexity index is 905. The Labute approximate surface area is 185 Å². The number of ether oxygens (including phenoxy) is 1. The van der Waals surface area contributed by atoms with Gasteiger partial charge in [0.1, 0.15) is 11.7 Å². The second-order valence-electron chi connectivity index (χ2n) is 8.26. The summed E-state index contributed by atoms with van der Waals surface area (Å²) in [7, 11) is 0. The highest BCUT2D eigenvalue weighted by Crippen LogP contribution is 2.32. The first-order chi connectivity index (χ1) is 15.0.